The maximum absolute atomic E-state index is 13.8. The van der Waals surface area contributed by atoms with E-state index in [0.717, 1.165) is 65.1 Å². The van der Waals surface area contributed by atoms with Crippen molar-refractivity contribution in [3.05, 3.63) is 31.5 Å². The van der Waals surface area contributed by atoms with Crippen molar-refractivity contribution < 1.29 is 54.6 Å². The van der Waals surface area contributed by atoms with Crippen LogP contribution in [0.1, 0.15) is 155 Å². The van der Waals surface area contributed by atoms with Crippen molar-refractivity contribution in [1.29, 1.82) is 0 Å². The van der Waals surface area contributed by atoms with Crippen molar-refractivity contribution in [1.82, 2.24) is 34.1 Å². The van der Waals surface area contributed by atoms with Gasteiger partial charge in [-0.3, -0.25) is 9.35 Å². The Hall–Kier alpha value is -3.45. The molecular formula is C48H94N9O15SSi2-. The van der Waals surface area contributed by atoms with Crippen LogP contribution in [0.5, 0.6) is 0 Å². The van der Waals surface area contributed by atoms with E-state index < -0.39 is 44.5 Å². The van der Waals surface area contributed by atoms with Gasteiger partial charge in [-0.1, -0.05) is 77.6 Å². The molecule has 436 valence electrons. The Kier molecular flexibility index (Phi) is 33.0. The number of nitrogens with two attached hydrogens (primary N) is 1. The first kappa shape index (κ1) is 67.7. The highest BCUT2D eigenvalue weighted by molar-refractivity contribution is 8.08. The number of carbonyl (C=O) groups excluding carboxylic acids is 3. The van der Waals surface area contributed by atoms with Crippen LogP contribution in [-0.4, -0.2) is 164 Å². The van der Waals surface area contributed by atoms with E-state index >= 15 is 0 Å². The number of carbonyl (C=O) groups is 2. The average molecular weight is 1130 g/mol. The molecule has 0 unspecified atom stereocenters. The summed E-state index contributed by atoms with van der Waals surface area (Å²) in [5.41, 5.74) is -1.98. The van der Waals surface area contributed by atoms with Crippen LogP contribution in [0.15, 0.2) is 19.4 Å². The minimum absolute atomic E-state index is 0.00674. The fraction of sp³-hybridized carbons (Fsp3) is 0.875. The fourth-order valence-electron chi connectivity index (χ4n) is 9.08. The Morgan fingerprint density at radius 2 is 1.13 bits per heavy atom. The van der Waals surface area contributed by atoms with Gasteiger partial charge in [-0.25, -0.2) is 47.5 Å². The summed E-state index contributed by atoms with van der Waals surface area (Å²) in [5.74, 6) is -0.376. The van der Waals surface area contributed by atoms with E-state index in [4.69, 9.17) is 27.0 Å². The number of nitrogens with zero attached hydrogens (tertiary/aromatic N) is 6. The highest BCUT2D eigenvalue weighted by Gasteiger charge is 2.36. The third-order valence-corrected chi connectivity index (χ3v) is 19.9. The van der Waals surface area contributed by atoms with Crippen molar-refractivity contribution >= 4 is 45.6 Å². The van der Waals surface area contributed by atoms with Crippen LogP contribution in [0.4, 0.5) is 9.59 Å². The molecule has 1 aromatic rings. The largest absolute Gasteiger partial charge is 0.758 e. The normalized spacial score (nSPS) is 14.0. The number of isocyanates is 1. The molecule has 1 aromatic heterocycles. The predicted octanol–water partition coefficient (Wildman–Crippen LogP) is 4.11. The Balaban J connectivity index is 2.01. The highest BCUT2D eigenvalue weighted by Crippen LogP contribution is 2.24. The second-order valence-corrected chi connectivity index (χ2v) is 27.7. The first-order chi connectivity index (χ1) is 35.8. The molecule has 75 heavy (non-hydrogen) atoms. The first-order valence-electron chi connectivity index (χ1n) is 27.4. The Morgan fingerprint density at radius 1 is 0.680 bits per heavy atom. The molecule has 0 radical (unpaired) electrons. The molecule has 1 fully saturated rings. The standard InChI is InChI=1S/C48H95N9O15SSi2/c1-6-7-23-38-72-73(49,64,65)39-24-37-54(43-27-15-14-16-28-43)45(60)52-31-19-10-13-22-36-57-47(62)55(34-20-11-8-17-29-50-42-58)46(61)56(48(57)63)35-21-12-9-18-30-51-44(59)53(32-25-40-74(66,68-2)69-3)33-26-41-75(67,70-4)71-5/h43,66-67H,6-41H2,1-5H3,(H,51,59)(H,52,60)(H3,49,64,65)/p-1. The monoisotopic (exact) mass is 1120 g/mol. The number of hydrogen-bond acceptors (Lipinski definition) is 16. The van der Waals surface area contributed by atoms with E-state index in [9.17, 15) is 47.1 Å². The molecule has 24 nitrogen and oxygen atoms in total. The number of aliphatic imine (C=N–C) groups is 1. The van der Waals surface area contributed by atoms with Crippen molar-refractivity contribution in [3.63, 3.8) is 0 Å². The molecule has 1 saturated carbocycles. The smallest absolute Gasteiger partial charge is 0.497 e. The summed E-state index contributed by atoms with van der Waals surface area (Å²) < 4.78 is 54.9. The molecule has 27 heteroatoms. The lowest BCUT2D eigenvalue weighted by Crippen LogP contribution is -2.54. The molecule has 0 aromatic carbocycles. The topological polar surface area (TPSA) is 313 Å². The van der Waals surface area contributed by atoms with Gasteiger partial charge < -0.3 is 56.5 Å². The van der Waals surface area contributed by atoms with Crippen LogP contribution in [0.2, 0.25) is 12.1 Å². The predicted molar refractivity (Wildman–Crippen MR) is 290 cm³/mol. The number of nitrogens with one attached hydrogen (secondary N) is 2. The van der Waals surface area contributed by atoms with Gasteiger partial charge >= 0.3 is 46.7 Å². The number of unbranched alkanes of at least 4 members (excludes halogenated alkanes) is 11. The van der Waals surface area contributed by atoms with Gasteiger partial charge in [-0.2, -0.15) is 0 Å². The van der Waals surface area contributed by atoms with E-state index in [2.05, 4.69) is 15.6 Å². The Labute approximate surface area is 446 Å². The maximum atomic E-state index is 13.8. The van der Waals surface area contributed by atoms with Gasteiger partial charge in [0.25, 0.3) is 0 Å². The second-order valence-electron chi connectivity index (χ2n) is 19.5. The summed E-state index contributed by atoms with van der Waals surface area (Å²) in [6, 6.07) is -0.0497. The molecule has 0 spiro atoms. The molecule has 1 aliphatic carbocycles. The maximum Gasteiger partial charge on any atom is 0.497 e. The van der Waals surface area contributed by atoms with E-state index in [1.54, 1.807) is 9.80 Å². The molecule has 4 amide bonds. The fourth-order valence-corrected chi connectivity index (χ4v) is 12.7. The number of amides is 4. The van der Waals surface area contributed by atoms with E-state index in [1.165, 1.54) is 34.5 Å². The van der Waals surface area contributed by atoms with Gasteiger partial charge in [0.2, 0.25) is 6.08 Å². The van der Waals surface area contributed by atoms with Crippen molar-refractivity contribution in [3.8, 4) is 0 Å². The summed E-state index contributed by atoms with van der Waals surface area (Å²) in [6.07, 6.45) is 17.2. The van der Waals surface area contributed by atoms with Gasteiger partial charge in [-0.15, -0.1) is 0 Å². The lowest BCUT2D eigenvalue weighted by molar-refractivity contribution is 0.145. The number of aromatic nitrogens is 3. The summed E-state index contributed by atoms with van der Waals surface area (Å²) in [7, 11) is -6.14. The zero-order valence-electron chi connectivity index (χ0n) is 45.9. The minimum Gasteiger partial charge on any atom is -0.758 e. The van der Waals surface area contributed by atoms with Gasteiger partial charge in [0.1, 0.15) is 0 Å². The SMILES string of the molecule is CCCCCOS(N)(=O)([O-])CCCN(C(=O)NCCCCCCn1c(=O)n(CCCCCCN=C=O)c(=O)n(CCCCCCNC(=O)N(CCC[Si](O)(OC)OC)CCC[Si](O)(OC)OC)c1=O)C1CCCCC1. The number of hydrogen-bond donors (Lipinski definition) is 5. The van der Waals surface area contributed by atoms with E-state index in [0.29, 0.717) is 123 Å². The zero-order valence-corrected chi connectivity index (χ0v) is 48.7. The molecule has 2 rings (SSSR count). The van der Waals surface area contributed by atoms with Crippen LogP contribution in [0.25, 0.3) is 0 Å². The summed E-state index contributed by atoms with van der Waals surface area (Å²) in [5, 5.41) is 11.6. The quantitative estimate of drug-likeness (QED) is 0.0266. The highest BCUT2D eigenvalue weighted by atomic mass is 32.3. The molecule has 6 N–H and O–H groups in total. The lowest BCUT2D eigenvalue weighted by atomic mass is 9.94. The molecule has 0 aliphatic heterocycles. The molecular weight excluding hydrogens is 1030 g/mol. The van der Waals surface area contributed by atoms with Crippen molar-refractivity contribution in [2.75, 3.05) is 80.1 Å². The van der Waals surface area contributed by atoms with Crippen LogP contribution < -0.4 is 32.8 Å². The Morgan fingerprint density at radius 3 is 1.59 bits per heavy atom. The van der Waals surface area contributed by atoms with Crippen LogP contribution >= 0.6 is 0 Å². The first-order valence-corrected chi connectivity index (χ1v) is 33.3. The van der Waals surface area contributed by atoms with E-state index in [-0.39, 0.29) is 75.2 Å². The summed E-state index contributed by atoms with van der Waals surface area (Å²) >= 11 is 0. The van der Waals surface area contributed by atoms with Gasteiger partial charge in [-0.05, 0) is 86.9 Å². The third-order valence-electron chi connectivity index (χ3n) is 13.7. The Bertz CT molecular complexity index is 2070. The molecule has 1 aliphatic rings. The lowest BCUT2D eigenvalue weighted by Gasteiger charge is -2.44. The van der Waals surface area contributed by atoms with Crippen molar-refractivity contribution in [2.24, 2.45) is 10.1 Å². The van der Waals surface area contributed by atoms with Crippen LogP contribution in [0.3, 0.4) is 0 Å². The average Bonchev–Trinajstić information content (AvgIpc) is 3.39. The summed E-state index contributed by atoms with van der Waals surface area (Å²) in [4.78, 5) is 106. The molecule has 1 heterocycles. The van der Waals surface area contributed by atoms with Crippen LogP contribution in [-0.2, 0) is 56.1 Å². The van der Waals surface area contributed by atoms with Gasteiger partial charge in [0, 0.05) is 105 Å². The summed E-state index contributed by atoms with van der Waals surface area (Å²) in [6.45, 7) is 4.35. The molecule has 0 atom stereocenters. The number of sulfonamides is 1. The van der Waals surface area contributed by atoms with Crippen molar-refractivity contribution in [2.45, 2.75) is 192 Å². The zero-order chi connectivity index (χ0) is 55.6. The number of urea groups is 2. The molecule has 0 saturated heterocycles. The second kappa shape index (κ2) is 36.6. The molecule has 0 bridgehead atoms. The van der Waals surface area contributed by atoms with Gasteiger partial charge in [0.05, 0.1) is 13.2 Å². The third kappa shape index (κ3) is 26.6. The van der Waals surface area contributed by atoms with Gasteiger partial charge in [0.15, 0.2) is 0 Å². The number of primary sulfonamides is 1. The number of rotatable bonds is 43. The van der Waals surface area contributed by atoms with Crippen LogP contribution in [0, 0.1) is 0 Å². The minimum atomic E-state index is -5.00. The van der Waals surface area contributed by atoms with E-state index in [1.807, 2.05) is 6.92 Å².